The minimum atomic E-state index is 1.18. The first-order valence-corrected chi connectivity index (χ1v) is 17.4. The van der Waals surface area contributed by atoms with Gasteiger partial charge in [-0.15, -0.1) is 0 Å². The van der Waals surface area contributed by atoms with Crippen LogP contribution in [0, 0.1) is 0 Å². The van der Waals surface area contributed by atoms with Gasteiger partial charge < -0.3 is 8.97 Å². The van der Waals surface area contributed by atoms with Crippen LogP contribution < -0.4 is 0 Å². The third kappa shape index (κ3) is 3.32. The van der Waals surface area contributed by atoms with Crippen LogP contribution in [0.3, 0.4) is 0 Å². The fourth-order valence-electron chi connectivity index (χ4n) is 9.05. The van der Waals surface area contributed by atoms with Gasteiger partial charge in [0.15, 0.2) is 0 Å². The van der Waals surface area contributed by atoms with E-state index in [0.29, 0.717) is 0 Å². The highest BCUT2D eigenvalue weighted by Gasteiger charge is 2.23. The van der Waals surface area contributed by atoms with Gasteiger partial charge in [0.05, 0.1) is 27.6 Å². The van der Waals surface area contributed by atoms with E-state index in [4.69, 9.17) is 0 Å². The molecule has 0 atom stereocenters. The maximum Gasteiger partial charge on any atom is 0.0627 e. The Hall–Kier alpha value is -6.64. The first-order chi connectivity index (χ1) is 24.8. The Morgan fingerprint density at radius 1 is 0.280 bits per heavy atom. The predicted molar refractivity (Wildman–Crippen MR) is 213 cm³/mol. The summed E-state index contributed by atoms with van der Waals surface area (Å²) in [5, 5.41) is 13.2. The van der Waals surface area contributed by atoms with Crippen LogP contribution in [0.4, 0.5) is 0 Å². The van der Waals surface area contributed by atoms with Gasteiger partial charge in [0.1, 0.15) is 0 Å². The number of hydrogen-bond acceptors (Lipinski definition) is 0. The number of hydrogen-bond donors (Lipinski definition) is 0. The van der Waals surface area contributed by atoms with E-state index in [-0.39, 0.29) is 0 Å². The Bertz CT molecular complexity index is 3190. The molecule has 0 aliphatic heterocycles. The largest absolute Gasteiger partial charge is 0.309 e. The van der Waals surface area contributed by atoms with Crippen molar-refractivity contribution in [3.05, 3.63) is 170 Å². The summed E-state index contributed by atoms with van der Waals surface area (Å²) in [6, 6.07) is 62.8. The van der Waals surface area contributed by atoms with Crippen molar-refractivity contribution in [3.63, 3.8) is 0 Å². The lowest BCUT2D eigenvalue weighted by Crippen LogP contribution is -1.94. The van der Waals surface area contributed by atoms with E-state index in [9.17, 15) is 0 Å². The number of rotatable bonds is 3. The van der Waals surface area contributed by atoms with Crippen molar-refractivity contribution in [1.29, 1.82) is 0 Å². The lowest BCUT2D eigenvalue weighted by atomic mass is 9.93. The molecule has 0 unspecified atom stereocenters. The summed E-state index contributed by atoms with van der Waals surface area (Å²) in [6.07, 6.45) is 0. The van der Waals surface area contributed by atoms with Crippen molar-refractivity contribution in [1.82, 2.24) is 8.97 Å². The molecule has 3 aromatic heterocycles. The Kier molecular flexibility index (Phi) is 5.00. The van der Waals surface area contributed by atoms with Crippen molar-refractivity contribution in [3.8, 4) is 27.9 Å². The molecular formula is C48H28N2. The smallest absolute Gasteiger partial charge is 0.0627 e. The van der Waals surface area contributed by atoms with E-state index in [1.165, 1.54) is 109 Å². The number of fused-ring (bicyclic) bond motifs is 10. The van der Waals surface area contributed by atoms with E-state index < -0.39 is 0 Å². The highest BCUT2D eigenvalue weighted by atomic mass is 15.0. The molecule has 0 N–H and O–H groups in total. The summed E-state index contributed by atoms with van der Waals surface area (Å²) < 4.78 is 4.98. The second-order valence-electron chi connectivity index (χ2n) is 13.7. The van der Waals surface area contributed by atoms with Crippen molar-refractivity contribution >= 4 is 81.4 Å². The molecule has 0 aliphatic rings. The Balaban J connectivity index is 1.16. The van der Waals surface area contributed by atoms with E-state index >= 15 is 0 Å². The number of benzene rings is 9. The molecule has 12 rings (SSSR count). The van der Waals surface area contributed by atoms with Gasteiger partial charge in [-0.1, -0.05) is 121 Å². The standard InChI is InChI=1S/C48H28N2/c1-3-10-29(11-4-1)31-18-23-42-39(26-31)40-27-32(30-12-5-2-6-13-30)19-24-43(40)49(42)33-20-25-44-41(28-33)38-22-21-37-35-15-8-7-14-34(35)36-16-9-17-45-46(36)47(37)48(38)50(44)45/h1-28H. The summed E-state index contributed by atoms with van der Waals surface area (Å²) in [5.74, 6) is 0. The zero-order chi connectivity index (χ0) is 32.5. The molecule has 3 heterocycles. The van der Waals surface area contributed by atoms with Gasteiger partial charge in [0.25, 0.3) is 0 Å². The molecule has 12 aromatic rings. The molecule has 0 aliphatic carbocycles. The van der Waals surface area contributed by atoms with Gasteiger partial charge in [-0.3, -0.25) is 0 Å². The second kappa shape index (κ2) is 9.49. The van der Waals surface area contributed by atoms with Gasteiger partial charge in [-0.05, 0) is 92.3 Å². The SMILES string of the molecule is c1ccc(-c2ccc3c(c2)c2cc(-c4ccccc4)ccc2n3-c2ccc3c(c2)c2ccc4c5ccccc5c5cccc6c5c4c2n36)cc1. The lowest BCUT2D eigenvalue weighted by Gasteiger charge is -2.11. The Morgan fingerprint density at radius 2 is 0.820 bits per heavy atom. The summed E-state index contributed by atoms with van der Waals surface area (Å²) in [6.45, 7) is 0. The van der Waals surface area contributed by atoms with Crippen LogP contribution in [0.1, 0.15) is 0 Å². The summed E-state index contributed by atoms with van der Waals surface area (Å²) in [5.41, 5.74) is 12.4. The van der Waals surface area contributed by atoms with E-state index in [2.05, 4.69) is 179 Å². The molecule has 0 radical (unpaired) electrons. The molecule has 0 fully saturated rings. The topological polar surface area (TPSA) is 9.34 Å². The summed E-state index contributed by atoms with van der Waals surface area (Å²) >= 11 is 0. The van der Waals surface area contributed by atoms with Crippen LogP contribution in [0.5, 0.6) is 0 Å². The monoisotopic (exact) mass is 632 g/mol. The highest BCUT2D eigenvalue weighted by molar-refractivity contribution is 6.38. The van der Waals surface area contributed by atoms with Gasteiger partial charge >= 0.3 is 0 Å². The first kappa shape index (κ1) is 26.3. The predicted octanol–water partition coefficient (Wildman–Crippen LogP) is 13.0. The van der Waals surface area contributed by atoms with E-state index in [1.807, 2.05) is 0 Å². The molecule has 50 heavy (non-hydrogen) atoms. The van der Waals surface area contributed by atoms with Crippen molar-refractivity contribution in [2.75, 3.05) is 0 Å². The average Bonchev–Trinajstić information content (AvgIpc) is 3.83. The van der Waals surface area contributed by atoms with Crippen molar-refractivity contribution < 1.29 is 0 Å². The van der Waals surface area contributed by atoms with E-state index in [0.717, 1.165) is 0 Å². The normalized spacial score (nSPS) is 12.4. The fourth-order valence-corrected chi connectivity index (χ4v) is 9.05. The molecule has 2 nitrogen and oxygen atoms in total. The zero-order valence-corrected chi connectivity index (χ0v) is 27.1. The van der Waals surface area contributed by atoms with Crippen LogP contribution in [0.25, 0.3) is 109 Å². The third-order valence-corrected chi connectivity index (χ3v) is 11.2. The lowest BCUT2D eigenvalue weighted by molar-refractivity contribution is 1.18. The van der Waals surface area contributed by atoms with Crippen LogP contribution >= 0.6 is 0 Å². The second-order valence-corrected chi connectivity index (χ2v) is 13.7. The molecular weight excluding hydrogens is 605 g/mol. The Morgan fingerprint density at radius 3 is 1.48 bits per heavy atom. The average molecular weight is 633 g/mol. The molecule has 2 heteroatoms. The summed E-state index contributed by atoms with van der Waals surface area (Å²) in [4.78, 5) is 0. The van der Waals surface area contributed by atoms with Crippen LogP contribution in [-0.2, 0) is 0 Å². The summed E-state index contributed by atoms with van der Waals surface area (Å²) in [7, 11) is 0. The van der Waals surface area contributed by atoms with Crippen LogP contribution in [0.15, 0.2) is 170 Å². The quantitative estimate of drug-likeness (QED) is 0.171. The molecule has 0 saturated carbocycles. The molecule has 9 aromatic carbocycles. The molecule has 0 bridgehead atoms. The minimum Gasteiger partial charge on any atom is -0.309 e. The first-order valence-electron chi connectivity index (χ1n) is 17.4. The Labute approximate surface area is 287 Å². The minimum absolute atomic E-state index is 1.18. The van der Waals surface area contributed by atoms with Crippen molar-refractivity contribution in [2.45, 2.75) is 0 Å². The number of nitrogens with zero attached hydrogens (tertiary/aromatic N) is 2. The van der Waals surface area contributed by atoms with Gasteiger partial charge in [0.2, 0.25) is 0 Å². The van der Waals surface area contributed by atoms with E-state index in [1.54, 1.807) is 0 Å². The maximum absolute atomic E-state index is 2.52. The van der Waals surface area contributed by atoms with Crippen LogP contribution in [-0.4, -0.2) is 8.97 Å². The van der Waals surface area contributed by atoms with Gasteiger partial charge in [-0.25, -0.2) is 0 Å². The molecule has 0 saturated heterocycles. The molecule has 230 valence electrons. The fraction of sp³-hybridized carbons (Fsp3) is 0. The van der Waals surface area contributed by atoms with Crippen LogP contribution in [0.2, 0.25) is 0 Å². The zero-order valence-electron chi connectivity index (χ0n) is 27.1. The highest BCUT2D eigenvalue weighted by Crippen LogP contribution is 2.47. The van der Waals surface area contributed by atoms with Crippen molar-refractivity contribution in [2.24, 2.45) is 0 Å². The van der Waals surface area contributed by atoms with Gasteiger partial charge in [0, 0.05) is 38.0 Å². The molecule has 0 amide bonds. The van der Waals surface area contributed by atoms with Gasteiger partial charge in [-0.2, -0.15) is 0 Å². The third-order valence-electron chi connectivity index (χ3n) is 11.2. The molecule has 0 spiro atoms. The maximum atomic E-state index is 2.52. The number of aromatic nitrogens is 2.